The number of allylic oxidation sites excluding steroid dienone is 3. The van der Waals surface area contributed by atoms with E-state index in [-0.39, 0.29) is 18.1 Å². The third-order valence-corrected chi connectivity index (χ3v) is 6.65. The Balaban J connectivity index is 1.54. The molecule has 1 amide bonds. The molecular formula is C25H32ClN3O3S. The number of carbonyl (C=O) groups is 1. The van der Waals surface area contributed by atoms with Gasteiger partial charge in [0.25, 0.3) is 0 Å². The number of H-pyrrole nitrogens is 1. The molecule has 8 heteroatoms. The monoisotopic (exact) mass is 489 g/mol. The van der Waals surface area contributed by atoms with Gasteiger partial charge in [0, 0.05) is 52.8 Å². The van der Waals surface area contributed by atoms with Crippen molar-refractivity contribution in [3.63, 3.8) is 0 Å². The number of ether oxygens (including phenoxy) is 2. The predicted octanol–water partition coefficient (Wildman–Crippen LogP) is 5.26. The summed E-state index contributed by atoms with van der Waals surface area (Å²) in [5.74, 6) is 1.87. The van der Waals surface area contributed by atoms with Crippen LogP contribution in [0.4, 0.5) is 4.79 Å². The van der Waals surface area contributed by atoms with Gasteiger partial charge >= 0.3 is 6.09 Å². The lowest BCUT2D eigenvalue weighted by atomic mass is 9.84. The van der Waals surface area contributed by atoms with Gasteiger partial charge in [0.05, 0.1) is 25.0 Å². The minimum absolute atomic E-state index is 0.0827. The number of thiol groups is 1. The van der Waals surface area contributed by atoms with Crippen molar-refractivity contribution in [1.82, 2.24) is 15.2 Å². The van der Waals surface area contributed by atoms with Crippen molar-refractivity contribution in [3.05, 3.63) is 58.5 Å². The van der Waals surface area contributed by atoms with Crippen molar-refractivity contribution in [3.8, 4) is 0 Å². The first-order valence-electron chi connectivity index (χ1n) is 11.7. The van der Waals surface area contributed by atoms with Gasteiger partial charge < -0.3 is 19.8 Å². The van der Waals surface area contributed by atoms with E-state index in [9.17, 15) is 4.79 Å². The Hall–Kier alpha value is -2.09. The normalized spacial score (nSPS) is 20.0. The summed E-state index contributed by atoms with van der Waals surface area (Å²) in [5, 5.41) is 5.18. The van der Waals surface area contributed by atoms with E-state index in [1.807, 2.05) is 42.2 Å². The summed E-state index contributed by atoms with van der Waals surface area (Å²) in [6.45, 7) is 5.28. The SMILES string of the molecule is CCOC(=O)N1CCc2c([nH]c3ccc(Cl)cc23)C1C1C=CC=C(OCCCNCCS)C1. The van der Waals surface area contributed by atoms with Crippen LogP contribution in [-0.4, -0.2) is 54.6 Å². The number of rotatable bonds is 9. The van der Waals surface area contributed by atoms with Crippen LogP contribution in [0, 0.1) is 5.92 Å². The molecule has 0 spiro atoms. The van der Waals surface area contributed by atoms with Gasteiger partial charge in [-0.05, 0) is 56.1 Å². The first kappa shape index (κ1) is 24.0. The van der Waals surface area contributed by atoms with Gasteiger partial charge in [-0.1, -0.05) is 23.8 Å². The van der Waals surface area contributed by atoms with E-state index < -0.39 is 0 Å². The molecule has 4 rings (SSSR count). The second-order valence-electron chi connectivity index (χ2n) is 8.36. The van der Waals surface area contributed by atoms with Gasteiger partial charge in [0.1, 0.15) is 0 Å². The van der Waals surface area contributed by atoms with E-state index in [1.165, 1.54) is 5.56 Å². The molecule has 2 atom stereocenters. The maximum Gasteiger partial charge on any atom is 0.410 e. The lowest BCUT2D eigenvalue weighted by Crippen LogP contribution is -2.43. The molecule has 0 bridgehead atoms. The smallest absolute Gasteiger partial charge is 0.410 e. The third-order valence-electron chi connectivity index (χ3n) is 6.19. The molecular weight excluding hydrogens is 458 g/mol. The van der Waals surface area contributed by atoms with Gasteiger partial charge in [0.2, 0.25) is 0 Å². The van der Waals surface area contributed by atoms with E-state index in [1.54, 1.807) is 0 Å². The highest BCUT2D eigenvalue weighted by Crippen LogP contribution is 2.42. The van der Waals surface area contributed by atoms with Crippen LogP contribution < -0.4 is 5.32 Å². The highest BCUT2D eigenvalue weighted by Gasteiger charge is 2.39. The summed E-state index contributed by atoms with van der Waals surface area (Å²) < 4.78 is 11.5. The number of fused-ring (bicyclic) bond motifs is 3. The predicted molar refractivity (Wildman–Crippen MR) is 136 cm³/mol. The molecule has 2 aromatic rings. The van der Waals surface area contributed by atoms with E-state index in [0.29, 0.717) is 24.8 Å². The zero-order valence-electron chi connectivity index (χ0n) is 19.0. The van der Waals surface area contributed by atoms with E-state index >= 15 is 0 Å². The molecule has 33 heavy (non-hydrogen) atoms. The Labute approximate surface area is 205 Å². The second kappa shape index (κ2) is 11.4. The van der Waals surface area contributed by atoms with E-state index in [2.05, 4.69) is 29.0 Å². The van der Waals surface area contributed by atoms with Gasteiger partial charge in [0.15, 0.2) is 0 Å². The lowest BCUT2D eigenvalue weighted by Gasteiger charge is -2.39. The molecule has 2 N–H and O–H groups in total. The number of amides is 1. The number of aromatic amines is 1. The van der Waals surface area contributed by atoms with Crippen LogP contribution in [0.1, 0.15) is 37.1 Å². The molecule has 1 aromatic carbocycles. The summed E-state index contributed by atoms with van der Waals surface area (Å²) >= 11 is 10.5. The average Bonchev–Trinajstić information content (AvgIpc) is 3.19. The molecule has 2 heterocycles. The Morgan fingerprint density at radius 1 is 1.36 bits per heavy atom. The Morgan fingerprint density at radius 2 is 2.24 bits per heavy atom. The maximum absolute atomic E-state index is 12.9. The number of carbonyl (C=O) groups excluding carboxylic acids is 1. The minimum Gasteiger partial charge on any atom is -0.498 e. The van der Waals surface area contributed by atoms with E-state index in [4.69, 9.17) is 21.1 Å². The number of halogens is 1. The van der Waals surface area contributed by atoms with Gasteiger partial charge in [-0.15, -0.1) is 0 Å². The molecule has 2 unspecified atom stereocenters. The molecule has 6 nitrogen and oxygen atoms in total. The average molecular weight is 490 g/mol. The fourth-order valence-electron chi connectivity index (χ4n) is 4.75. The quantitative estimate of drug-likeness (QED) is 0.332. The summed E-state index contributed by atoms with van der Waals surface area (Å²) in [5.41, 5.74) is 3.35. The first-order chi connectivity index (χ1) is 16.1. The fourth-order valence-corrected chi connectivity index (χ4v) is 5.08. The molecule has 2 aliphatic rings. The third kappa shape index (κ3) is 5.53. The first-order valence-corrected chi connectivity index (χ1v) is 12.7. The molecule has 178 valence electrons. The van der Waals surface area contributed by atoms with Crippen LogP contribution in [0.3, 0.4) is 0 Å². The van der Waals surface area contributed by atoms with Crippen molar-refractivity contribution < 1.29 is 14.3 Å². The zero-order chi connectivity index (χ0) is 23.2. The van der Waals surface area contributed by atoms with Crippen molar-refractivity contribution in [2.75, 3.05) is 38.6 Å². The fraction of sp³-hybridized carbons (Fsp3) is 0.480. The number of hydrogen-bond acceptors (Lipinski definition) is 5. The number of nitrogens with zero attached hydrogens (tertiary/aromatic N) is 1. The van der Waals surface area contributed by atoms with Crippen molar-refractivity contribution in [2.45, 2.75) is 32.2 Å². The Morgan fingerprint density at radius 3 is 3.06 bits per heavy atom. The number of hydrogen-bond donors (Lipinski definition) is 3. The highest BCUT2D eigenvalue weighted by molar-refractivity contribution is 7.80. The van der Waals surface area contributed by atoms with Gasteiger partial charge in [-0.2, -0.15) is 12.6 Å². The molecule has 1 aromatic heterocycles. The Bertz CT molecular complexity index is 1040. The van der Waals surface area contributed by atoms with Crippen molar-refractivity contribution in [1.29, 1.82) is 0 Å². The molecule has 1 aliphatic heterocycles. The summed E-state index contributed by atoms with van der Waals surface area (Å²) in [6.07, 6.45) is 8.40. The van der Waals surface area contributed by atoms with Crippen LogP contribution >= 0.6 is 24.2 Å². The van der Waals surface area contributed by atoms with Crippen LogP contribution in [0.5, 0.6) is 0 Å². The van der Waals surface area contributed by atoms with Crippen molar-refractivity contribution >= 4 is 41.2 Å². The zero-order valence-corrected chi connectivity index (χ0v) is 20.6. The molecule has 1 aliphatic carbocycles. The molecule has 0 fully saturated rings. The lowest BCUT2D eigenvalue weighted by molar-refractivity contribution is 0.0719. The largest absolute Gasteiger partial charge is 0.498 e. The standard InChI is InChI=1S/C25H32ClN3O3S/c1-2-31-25(30)29-12-9-20-21-16-18(26)7-8-22(21)28-23(20)24(29)17-5-3-6-19(15-17)32-13-4-10-27-11-14-33/h3,5-8,16-17,24,27-28,33H,2,4,9-15H2,1H3. The molecule has 0 radical (unpaired) electrons. The highest BCUT2D eigenvalue weighted by atomic mass is 35.5. The van der Waals surface area contributed by atoms with Gasteiger partial charge in [-0.3, -0.25) is 4.90 Å². The molecule has 0 saturated carbocycles. The number of aromatic nitrogens is 1. The second-order valence-corrected chi connectivity index (χ2v) is 9.24. The number of nitrogens with one attached hydrogen (secondary N) is 2. The minimum atomic E-state index is -0.273. The van der Waals surface area contributed by atoms with Crippen LogP contribution in [0.2, 0.25) is 5.02 Å². The summed E-state index contributed by atoms with van der Waals surface area (Å²) in [4.78, 5) is 18.3. The van der Waals surface area contributed by atoms with E-state index in [0.717, 1.165) is 60.5 Å². The van der Waals surface area contributed by atoms with Crippen molar-refractivity contribution in [2.24, 2.45) is 5.92 Å². The Kier molecular flexibility index (Phi) is 8.28. The van der Waals surface area contributed by atoms with Gasteiger partial charge in [-0.25, -0.2) is 4.79 Å². The summed E-state index contributed by atoms with van der Waals surface area (Å²) in [7, 11) is 0. The van der Waals surface area contributed by atoms with Crippen LogP contribution in [-0.2, 0) is 15.9 Å². The maximum atomic E-state index is 12.9. The topological polar surface area (TPSA) is 66.6 Å². The van der Waals surface area contributed by atoms with Crippen LogP contribution in [0.15, 0.2) is 42.2 Å². The number of benzene rings is 1. The van der Waals surface area contributed by atoms with Crippen LogP contribution in [0.25, 0.3) is 10.9 Å². The molecule has 0 saturated heterocycles. The summed E-state index contributed by atoms with van der Waals surface area (Å²) in [6, 6.07) is 5.76.